The monoisotopic (exact) mass is 436 g/mol. The van der Waals surface area contributed by atoms with E-state index in [-0.39, 0.29) is 12.0 Å². The Kier molecular flexibility index (Phi) is 6.97. The van der Waals surface area contributed by atoms with E-state index in [0.29, 0.717) is 36.1 Å². The first-order valence-electron chi connectivity index (χ1n) is 10.5. The van der Waals surface area contributed by atoms with Crippen LogP contribution in [0.2, 0.25) is 0 Å². The van der Waals surface area contributed by atoms with Gasteiger partial charge in [0.1, 0.15) is 11.9 Å². The quantitative estimate of drug-likeness (QED) is 0.553. The molecule has 1 aromatic heterocycles. The van der Waals surface area contributed by atoms with Gasteiger partial charge in [-0.05, 0) is 47.9 Å². The van der Waals surface area contributed by atoms with E-state index >= 15 is 0 Å². The lowest BCUT2D eigenvalue weighted by molar-refractivity contribution is 0.0237. The average Bonchev–Trinajstić information content (AvgIpc) is 2.82. The molecular weight excluding hydrogens is 411 g/mol. The fourth-order valence-corrected chi connectivity index (χ4v) is 3.68. The van der Waals surface area contributed by atoms with Crippen molar-refractivity contribution in [1.82, 2.24) is 4.98 Å². The molecule has 0 atom stereocenters. The van der Waals surface area contributed by atoms with Crippen LogP contribution in [0.3, 0.4) is 0 Å². The summed E-state index contributed by atoms with van der Waals surface area (Å²) in [5.41, 5.74) is 3.83. The van der Waals surface area contributed by atoms with Gasteiger partial charge in [0.2, 0.25) is 12.7 Å². The van der Waals surface area contributed by atoms with Crippen molar-refractivity contribution in [2.75, 3.05) is 25.4 Å². The molecule has 2 heterocycles. The summed E-state index contributed by atoms with van der Waals surface area (Å²) in [4.78, 5) is 17.2. The first kappa shape index (κ1) is 21.8. The van der Waals surface area contributed by atoms with E-state index in [2.05, 4.69) is 10.3 Å². The number of aromatic nitrogens is 1. The summed E-state index contributed by atoms with van der Waals surface area (Å²) in [6.45, 7) is 2.43. The Labute approximate surface area is 186 Å². The average molecular weight is 436 g/mol. The molecule has 0 aliphatic carbocycles. The number of ether oxygens (including phenoxy) is 3. The number of hydrogen-bond donors (Lipinski definition) is 1. The minimum Gasteiger partial charge on any atom is -0.474 e. The van der Waals surface area contributed by atoms with Crippen LogP contribution in [-0.4, -0.2) is 37.1 Å². The molecule has 1 aliphatic heterocycles. The largest absolute Gasteiger partial charge is 0.474 e. The molecule has 4 rings (SSSR count). The molecule has 7 heteroatoms. The van der Waals surface area contributed by atoms with Crippen LogP contribution in [0.4, 0.5) is 10.1 Å². The Morgan fingerprint density at radius 1 is 1.12 bits per heavy atom. The summed E-state index contributed by atoms with van der Waals surface area (Å²) >= 11 is 0. The molecule has 6 nitrogen and oxygen atoms in total. The molecule has 32 heavy (non-hydrogen) atoms. The number of benzene rings is 2. The van der Waals surface area contributed by atoms with Gasteiger partial charge in [-0.25, -0.2) is 9.37 Å². The van der Waals surface area contributed by atoms with Gasteiger partial charge in [-0.15, -0.1) is 0 Å². The highest BCUT2D eigenvalue weighted by molar-refractivity contribution is 6.06. The third-order valence-electron chi connectivity index (χ3n) is 5.41. The zero-order valence-electron chi connectivity index (χ0n) is 17.8. The van der Waals surface area contributed by atoms with Crippen LogP contribution < -0.4 is 14.8 Å². The van der Waals surface area contributed by atoms with Crippen molar-refractivity contribution < 1.29 is 23.4 Å². The summed E-state index contributed by atoms with van der Waals surface area (Å²) in [7, 11) is 0. The number of anilines is 1. The van der Waals surface area contributed by atoms with Gasteiger partial charge in [-0.3, -0.25) is 4.79 Å². The van der Waals surface area contributed by atoms with Crippen molar-refractivity contribution in [2.24, 2.45) is 0 Å². The Morgan fingerprint density at radius 2 is 1.91 bits per heavy atom. The number of hydrogen-bond acceptors (Lipinski definition) is 5. The van der Waals surface area contributed by atoms with Crippen LogP contribution in [0, 0.1) is 6.92 Å². The van der Waals surface area contributed by atoms with Gasteiger partial charge < -0.3 is 19.5 Å². The molecule has 1 amide bonds. The Morgan fingerprint density at radius 3 is 2.59 bits per heavy atom. The van der Waals surface area contributed by atoms with Crippen LogP contribution in [0.5, 0.6) is 11.6 Å². The predicted molar refractivity (Wildman–Crippen MR) is 120 cm³/mol. The molecule has 3 aromatic rings. The predicted octanol–water partition coefficient (Wildman–Crippen LogP) is 5.17. The Balaban J connectivity index is 1.44. The first-order valence-corrected chi connectivity index (χ1v) is 10.5. The smallest absolute Gasteiger partial charge is 0.255 e. The van der Waals surface area contributed by atoms with Crippen LogP contribution in [-0.2, 0) is 4.74 Å². The number of alkyl halides is 1. The fourth-order valence-electron chi connectivity index (χ4n) is 3.68. The van der Waals surface area contributed by atoms with E-state index < -0.39 is 6.86 Å². The standard InChI is InChI=1S/C25H25FN2O4/c1-17-22(18-5-8-20(9-6-18)31-16-26)3-2-4-23(17)25(29)28-19-7-10-24(27-15-19)32-21-11-13-30-14-12-21/h2-10,15,21H,11-14,16H2,1H3,(H,28,29). The lowest BCUT2D eigenvalue weighted by Crippen LogP contribution is -2.26. The number of halogens is 1. The van der Waals surface area contributed by atoms with Gasteiger partial charge in [-0.2, -0.15) is 0 Å². The molecule has 0 spiro atoms. The van der Waals surface area contributed by atoms with Crippen molar-refractivity contribution in [3.8, 4) is 22.8 Å². The van der Waals surface area contributed by atoms with E-state index in [1.807, 2.05) is 31.2 Å². The second-order valence-electron chi connectivity index (χ2n) is 7.52. The fraction of sp³-hybridized carbons (Fsp3) is 0.280. The van der Waals surface area contributed by atoms with Gasteiger partial charge >= 0.3 is 0 Å². The summed E-state index contributed by atoms with van der Waals surface area (Å²) in [6, 6.07) is 16.2. The van der Waals surface area contributed by atoms with Crippen LogP contribution in [0.1, 0.15) is 28.8 Å². The maximum absolute atomic E-state index is 12.9. The topological polar surface area (TPSA) is 69.7 Å². The SMILES string of the molecule is Cc1c(C(=O)Nc2ccc(OC3CCOCC3)nc2)cccc1-c1ccc(OCF)cc1. The lowest BCUT2D eigenvalue weighted by atomic mass is 9.96. The molecule has 1 N–H and O–H groups in total. The third kappa shape index (κ3) is 5.23. The minimum absolute atomic E-state index is 0.111. The molecule has 0 bridgehead atoms. The second-order valence-corrected chi connectivity index (χ2v) is 7.52. The highest BCUT2D eigenvalue weighted by Crippen LogP contribution is 2.28. The molecule has 1 saturated heterocycles. The van der Waals surface area contributed by atoms with Gasteiger partial charge in [0.15, 0.2) is 0 Å². The number of nitrogens with one attached hydrogen (secondary N) is 1. The molecule has 0 saturated carbocycles. The van der Waals surface area contributed by atoms with Crippen molar-refractivity contribution in [3.05, 3.63) is 71.9 Å². The minimum atomic E-state index is -0.870. The van der Waals surface area contributed by atoms with Crippen LogP contribution in [0.25, 0.3) is 11.1 Å². The maximum Gasteiger partial charge on any atom is 0.255 e. The highest BCUT2D eigenvalue weighted by Gasteiger charge is 2.16. The molecule has 1 fully saturated rings. The summed E-state index contributed by atoms with van der Waals surface area (Å²) < 4.78 is 28.4. The first-order chi connectivity index (χ1) is 15.6. The van der Waals surface area contributed by atoms with Crippen LogP contribution >= 0.6 is 0 Å². The third-order valence-corrected chi connectivity index (χ3v) is 5.41. The van der Waals surface area contributed by atoms with Crippen LogP contribution in [0.15, 0.2) is 60.8 Å². The lowest BCUT2D eigenvalue weighted by Gasteiger charge is -2.22. The second kappa shape index (κ2) is 10.2. The summed E-state index contributed by atoms with van der Waals surface area (Å²) in [5, 5.41) is 2.90. The molecule has 166 valence electrons. The summed E-state index contributed by atoms with van der Waals surface area (Å²) in [6.07, 6.45) is 3.40. The molecule has 1 aliphatic rings. The zero-order chi connectivity index (χ0) is 22.3. The van der Waals surface area contributed by atoms with Gasteiger partial charge in [-0.1, -0.05) is 24.3 Å². The van der Waals surface area contributed by atoms with E-state index in [1.165, 1.54) is 0 Å². The number of pyridine rings is 1. The van der Waals surface area contributed by atoms with E-state index in [0.717, 1.165) is 29.5 Å². The normalized spacial score (nSPS) is 14.1. The number of nitrogens with zero attached hydrogens (tertiary/aromatic N) is 1. The molecule has 0 unspecified atom stereocenters. The highest BCUT2D eigenvalue weighted by atomic mass is 19.1. The molecule has 0 radical (unpaired) electrons. The van der Waals surface area contributed by atoms with E-state index in [1.54, 1.807) is 36.5 Å². The van der Waals surface area contributed by atoms with E-state index in [9.17, 15) is 9.18 Å². The van der Waals surface area contributed by atoms with Crippen molar-refractivity contribution >= 4 is 11.6 Å². The van der Waals surface area contributed by atoms with Gasteiger partial charge in [0, 0.05) is 24.5 Å². The number of carbonyl (C=O) groups is 1. The van der Waals surface area contributed by atoms with Crippen molar-refractivity contribution in [2.45, 2.75) is 25.9 Å². The number of carbonyl (C=O) groups excluding carboxylic acids is 1. The number of amides is 1. The van der Waals surface area contributed by atoms with E-state index in [4.69, 9.17) is 14.2 Å². The van der Waals surface area contributed by atoms with Gasteiger partial charge in [0.25, 0.3) is 5.91 Å². The zero-order valence-corrected chi connectivity index (χ0v) is 17.8. The van der Waals surface area contributed by atoms with Crippen molar-refractivity contribution in [3.63, 3.8) is 0 Å². The molecular formula is C25H25FN2O4. The Bertz CT molecular complexity index is 1050. The maximum atomic E-state index is 12.9. The van der Waals surface area contributed by atoms with Gasteiger partial charge in [0.05, 0.1) is 25.1 Å². The Hall–Kier alpha value is -3.45. The molecule has 2 aromatic carbocycles. The number of rotatable bonds is 7. The van der Waals surface area contributed by atoms with Crippen molar-refractivity contribution in [1.29, 1.82) is 0 Å². The summed E-state index contributed by atoms with van der Waals surface area (Å²) in [5.74, 6) is 0.773.